The number of hydrogen-bond acceptors (Lipinski definition) is 3. The predicted octanol–water partition coefficient (Wildman–Crippen LogP) is 5.16. The van der Waals surface area contributed by atoms with Gasteiger partial charge in [0.2, 0.25) is 5.91 Å². The molecule has 4 rings (SSSR count). The number of methoxy groups -OCH3 is 1. The molecule has 0 saturated carbocycles. The van der Waals surface area contributed by atoms with Crippen LogP contribution in [0.2, 0.25) is 0 Å². The van der Waals surface area contributed by atoms with Gasteiger partial charge in [0.15, 0.2) is 0 Å². The largest absolute Gasteiger partial charge is 0.497 e. The zero-order chi connectivity index (χ0) is 22.9. The van der Waals surface area contributed by atoms with E-state index in [1.165, 1.54) is 5.56 Å². The fraction of sp³-hybridized carbons (Fsp3) is 0.286. The van der Waals surface area contributed by atoms with Gasteiger partial charge in [-0.2, -0.15) is 0 Å². The zero-order valence-corrected chi connectivity index (χ0v) is 19.2. The molecule has 0 spiro atoms. The molecule has 1 heterocycles. The summed E-state index contributed by atoms with van der Waals surface area (Å²) >= 11 is 0. The van der Waals surface area contributed by atoms with Gasteiger partial charge in [-0.3, -0.25) is 4.79 Å². The van der Waals surface area contributed by atoms with Gasteiger partial charge in [-0.25, -0.2) is 4.98 Å². The lowest BCUT2D eigenvalue weighted by atomic mass is 10.1. The van der Waals surface area contributed by atoms with Gasteiger partial charge in [0.05, 0.1) is 24.6 Å². The van der Waals surface area contributed by atoms with Crippen LogP contribution >= 0.6 is 0 Å². The number of fused-ring (bicyclic) bond motifs is 1. The Balaban J connectivity index is 1.29. The number of nitrogens with zero attached hydrogens (tertiary/aromatic N) is 2. The average molecular weight is 442 g/mol. The number of benzene rings is 3. The SMILES string of the molecule is COc1ccc(Cn2c(CCCCCNC(=O)Cc3ccccc3)nc3ccccc32)cc1. The van der Waals surface area contributed by atoms with Crippen LogP contribution in [0.3, 0.4) is 0 Å². The average Bonchev–Trinajstić information content (AvgIpc) is 3.19. The summed E-state index contributed by atoms with van der Waals surface area (Å²) in [4.78, 5) is 17.0. The van der Waals surface area contributed by atoms with E-state index in [2.05, 4.69) is 40.2 Å². The molecule has 0 fully saturated rings. The minimum atomic E-state index is 0.0856. The molecule has 1 amide bonds. The molecule has 33 heavy (non-hydrogen) atoms. The Hall–Kier alpha value is -3.60. The molecule has 0 radical (unpaired) electrons. The lowest BCUT2D eigenvalue weighted by Crippen LogP contribution is -2.26. The molecule has 0 unspecified atom stereocenters. The molecule has 3 aromatic carbocycles. The summed E-state index contributed by atoms with van der Waals surface area (Å²) < 4.78 is 7.60. The van der Waals surface area contributed by atoms with Crippen LogP contribution in [0.15, 0.2) is 78.9 Å². The Labute approximate surface area is 195 Å². The third kappa shape index (κ3) is 6.22. The summed E-state index contributed by atoms with van der Waals surface area (Å²) in [6, 6.07) is 26.4. The second kappa shape index (κ2) is 11.3. The Morgan fingerprint density at radius 1 is 0.879 bits per heavy atom. The smallest absolute Gasteiger partial charge is 0.224 e. The number of imidazole rings is 1. The summed E-state index contributed by atoms with van der Waals surface area (Å²) in [7, 11) is 1.69. The summed E-state index contributed by atoms with van der Waals surface area (Å²) in [5, 5.41) is 3.03. The number of carbonyl (C=O) groups excluding carboxylic acids is 1. The molecule has 0 aliphatic heterocycles. The van der Waals surface area contributed by atoms with Gasteiger partial charge in [0.25, 0.3) is 0 Å². The molecule has 5 nitrogen and oxygen atoms in total. The highest BCUT2D eigenvalue weighted by molar-refractivity contribution is 5.78. The van der Waals surface area contributed by atoms with E-state index in [4.69, 9.17) is 9.72 Å². The monoisotopic (exact) mass is 441 g/mol. The first-order valence-electron chi connectivity index (χ1n) is 11.6. The fourth-order valence-corrected chi connectivity index (χ4v) is 4.06. The topological polar surface area (TPSA) is 56.1 Å². The van der Waals surface area contributed by atoms with Crippen molar-refractivity contribution in [3.63, 3.8) is 0 Å². The number of hydrogen-bond donors (Lipinski definition) is 1. The normalized spacial score (nSPS) is 10.9. The number of rotatable bonds is 11. The molecule has 0 saturated heterocycles. The summed E-state index contributed by atoms with van der Waals surface area (Å²) in [6.45, 7) is 1.50. The third-order valence-electron chi connectivity index (χ3n) is 5.84. The molecule has 4 aromatic rings. The number of unbranched alkanes of at least 4 members (excludes halogenated alkanes) is 2. The molecule has 0 aliphatic carbocycles. The maximum atomic E-state index is 12.1. The van der Waals surface area contributed by atoms with Crippen molar-refractivity contribution in [1.29, 1.82) is 0 Å². The second-order valence-electron chi connectivity index (χ2n) is 8.27. The van der Waals surface area contributed by atoms with E-state index < -0.39 is 0 Å². The van der Waals surface area contributed by atoms with Gasteiger partial charge in [-0.05, 0) is 48.2 Å². The van der Waals surface area contributed by atoms with E-state index >= 15 is 0 Å². The molecular formula is C28H31N3O2. The van der Waals surface area contributed by atoms with Crippen LogP contribution in [0, 0.1) is 0 Å². The first-order chi connectivity index (χ1) is 16.2. The molecule has 0 aliphatic rings. The van der Waals surface area contributed by atoms with Gasteiger partial charge >= 0.3 is 0 Å². The van der Waals surface area contributed by atoms with Gasteiger partial charge in [-0.15, -0.1) is 0 Å². The van der Waals surface area contributed by atoms with Crippen LogP contribution in [0.4, 0.5) is 0 Å². The lowest BCUT2D eigenvalue weighted by Gasteiger charge is -2.10. The quantitative estimate of drug-likeness (QED) is 0.327. The summed E-state index contributed by atoms with van der Waals surface area (Å²) in [6.07, 6.45) is 4.43. The number of ether oxygens (including phenoxy) is 1. The maximum Gasteiger partial charge on any atom is 0.224 e. The zero-order valence-electron chi connectivity index (χ0n) is 19.2. The van der Waals surface area contributed by atoms with Crippen molar-refractivity contribution >= 4 is 16.9 Å². The summed E-state index contributed by atoms with van der Waals surface area (Å²) in [5.74, 6) is 2.06. The molecule has 1 aromatic heterocycles. The van der Waals surface area contributed by atoms with Gasteiger partial charge in [0, 0.05) is 19.5 Å². The molecular weight excluding hydrogens is 410 g/mol. The molecule has 1 N–H and O–H groups in total. The van der Waals surface area contributed by atoms with E-state index in [1.807, 2.05) is 48.5 Å². The maximum absolute atomic E-state index is 12.1. The third-order valence-corrected chi connectivity index (χ3v) is 5.84. The van der Waals surface area contributed by atoms with E-state index in [-0.39, 0.29) is 5.91 Å². The minimum Gasteiger partial charge on any atom is -0.497 e. The van der Waals surface area contributed by atoms with Crippen molar-refractivity contribution in [3.05, 3.63) is 95.8 Å². The van der Waals surface area contributed by atoms with Crippen LogP contribution < -0.4 is 10.1 Å². The Morgan fingerprint density at radius 3 is 2.42 bits per heavy atom. The lowest BCUT2D eigenvalue weighted by molar-refractivity contribution is -0.120. The highest BCUT2D eigenvalue weighted by Crippen LogP contribution is 2.21. The van der Waals surface area contributed by atoms with E-state index in [9.17, 15) is 4.79 Å². The Kier molecular flexibility index (Phi) is 7.75. The number of carbonyl (C=O) groups is 1. The standard InChI is InChI=1S/C28H31N3O2/c1-33-24-17-15-23(16-18-24)21-31-26-13-8-7-12-25(26)30-27(31)14-6-3-9-19-29-28(32)20-22-10-4-2-5-11-22/h2,4-5,7-8,10-13,15-18H,3,6,9,14,19-21H2,1H3,(H,29,32). The summed E-state index contributed by atoms with van der Waals surface area (Å²) in [5.41, 5.74) is 4.47. The molecule has 170 valence electrons. The first kappa shape index (κ1) is 22.6. The Morgan fingerprint density at radius 2 is 1.64 bits per heavy atom. The highest BCUT2D eigenvalue weighted by Gasteiger charge is 2.11. The number of aromatic nitrogens is 2. The van der Waals surface area contributed by atoms with Crippen molar-refractivity contribution < 1.29 is 9.53 Å². The van der Waals surface area contributed by atoms with E-state index in [1.54, 1.807) is 7.11 Å². The van der Waals surface area contributed by atoms with Gasteiger partial charge in [-0.1, -0.05) is 61.0 Å². The number of para-hydroxylation sites is 2. The molecule has 0 bridgehead atoms. The number of nitrogens with one attached hydrogen (secondary N) is 1. The van der Waals surface area contributed by atoms with Crippen LogP contribution in [-0.2, 0) is 24.2 Å². The van der Waals surface area contributed by atoms with Gasteiger partial charge < -0.3 is 14.6 Å². The van der Waals surface area contributed by atoms with Gasteiger partial charge in [0.1, 0.15) is 11.6 Å². The van der Waals surface area contributed by atoms with Crippen molar-refractivity contribution in [2.24, 2.45) is 0 Å². The molecule has 0 atom stereocenters. The number of amides is 1. The van der Waals surface area contributed by atoms with Crippen LogP contribution in [-0.4, -0.2) is 29.1 Å². The predicted molar refractivity (Wildman–Crippen MR) is 133 cm³/mol. The van der Waals surface area contributed by atoms with Crippen molar-refractivity contribution in [1.82, 2.24) is 14.9 Å². The highest BCUT2D eigenvalue weighted by atomic mass is 16.5. The van der Waals surface area contributed by atoms with Crippen molar-refractivity contribution in [2.45, 2.75) is 38.6 Å². The van der Waals surface area contributed by atoms with E-state index in [0.29, 0.717) is 13.0 Å². The van der Waals surface area contributed by atoms with E-state index in [0.717, 1.165) is 60.4 Å². The van der Waals surface area contributed by atoms with Crippen LogP contribution in [0.5, 0.6) is 5.75 Å². The first-order valence-corrected chi connectivity index (χ1v) is 11.6. The number of aryl methyl sites for hydroxylation is 1. The van der Waals surface area contributed by atoms with Crippen LogP contribution in [0.1, 0.15) is 36.2 Å². The Bertz CT molecular complexity index is 1170. The minimum absolute atomic E-state index is 0.0856. The van der Waals surface area contributed by atoms with Crippen molar-refractivity contribution in [3.8, 4) is 5.75 Å². The van der Waals surface area contributed by atoms with Crippen molar-refractivity contribution in [2.75, 3.05) is 13.7 Å². The van der Waals surface area contributed by atoms with Crippen LogP contribution in [0.25, 0.3) is 11.0 Å². The second-order valence-corrected chi connectivity index (χ2v) is 8.27. The fourth-order valence-electron chi connectivity index (χ4n) is 4.06. The molecule has 5 heteroatoms.